The van der Waals surface area contributed by atoms with Crippen molar-refractivity contribution in [3.8, 4) is 0 Å². The number of nitrogens with one attached hydrogen (secondary N) is 1. The highest BCUT2D eigenvalue weighted by Gasteiger charge is 2.10. The Bertz CT molecular complexity index is 173. The molecule has 1 atom stereocenters. The van der Waals surface area contributed by atoms with Gasteiger partial charge in [0.05, 0.1) is 19.1 Å². The van der Waals surface area contributed by atoms with Crippen LogP contribution in [0.15, 0.2) is 0 Å². The van der Waals surface area contributed by atoms with E-state index in [4.69, 9.17) is 15.2 Å². The maximum absolute atomic E-state index is 11.4. The van der Waals surface area contributed by atoms with Crippen LogP contribution in [0.5, 0.6) is 0 Å². The minimum absolute atomic E-state index is 0.0450. The Morgan fingerprint density at radius 2 is 2.19 bits per heavy atom. The molecule has 96 valence electrons. The molecule has 0 spiro atoms. The van der Waals surface area contributed by atoms with Crippen LogP contribution in [-0.2, 0) is 14.3 Å². The van der Waals surface area contributed by atoms with Gasteiger partial charge in [-0.3, -0.25) is 4.79 Å². The lowest BCUT2D eigenvalue weighted by Gasteiger charge is -2.12. The molecule has 1 unspecified atom stereocenters. The van der Waals surface area contributed by atoms with E-state index >= 15 is 0 Å². The van der Waals surface area contributed by atoms with Gasteiger partial charge >= 0.3 is 0 Å². The van der Waals surface area contributed by atoms with Crippen molar-refractivity contribution < 1.29 is 14.3 Å². The zero-order valence-corrected chi connectivity index (χ0v) is 10.3. The molecule has 16 heavy (non-hydrogen) atoms. The summed E-state index contributed by atoms with van der Waals surface area (Å²) in [5, 5.41) is 2.76. The summed E-state index contributed by atoms with van der Waals surface area (Å²) in [5.74, 6) is -0.0450. The fraction of sp³-hybridized carbons (Fsp3) is 0.909. The Balaban J connectivity index is 3.36. The molecule has 5 heteroatoms. The third kappa shape index (κ3) is 8.64. The topological polar surface area (TPSA) is 73.6 Å². The molecule has 0 bridgehead atoms. The van der Waals surface area contributed by atoms with Crippen LogP contribution in [0.3, 0.4) is 0 Å². The van der Waals surface area contributed by atoms with Gasteiger partial charge in [0.2, 0.25) is 5.91 Å². The third-order valence-corrected chi connectivity index (χ3v) is 2.22. The van der Waals surface area contributed by atoms with Gasteiger partial charge in [0, 0.05) is 26.8 Å². The smallest absolute Gasteiger partial charge is 0.222 e. The van der Waals surface area contributed by atoms with Gasteiger partial charge in [0.15, 0.2) is 0 Å². The number of amides is 1. The van der Waals surface area contributed by atoms with Gasteiger partial charge in [-0.2, -0.15) is 0 Å². The average Bonchev–Trinajstić information content (AvgIpc) is 2.30. The van der Waals surface area contributed by atoms with Crippen molar-refractivity contribution >= 4 is 5.91 Å². The van der Waals surface area contributed by atoms with Crippen LogP contribution in [-0.4, -0.2) is 45.4 Å². The van der Waals surface area contributed by atoms with Crippen molar-refractivity contribution in [2.45, 2.75) is 32.3 Å². The van der Waals surface area contributed by atoms with E-state index in [2.05, 4.69) is 12.2 Å². The summed E-state index contributed by atoms with van der Waals surface area (Å²) < 4.78 is 10.3. The molecule has 3 N–H and O–H groups in total. The molecule has 5 nitrogen and oxygen atoms in total. The summed E-state index contributed by atoms with van der Waals surface area (Å²) in [4.78, 5) is 11.4. The zero-order valence-electron chi connectivity index (χ0n) is 10.3. The van der Waals surface area contributed by atoms with Gasteiger partial charge in [0.1, 0.15) is 0 Å². The van der Waals surface area contributed by atoms with E-state index in [0.29, 0.717) is 26.1 Å². The lowest BCUT2D eigenvalue weighted by molar-refractivity contribution is -0.123. The quantitative estimate of drug-likeness (QED) is 0.531. The van der Waals surface area contributed by atoms with Crippen LogP contribution < -0.4 is 11.1 Å². The van der Waals surface area contributed by atoms with Gasteiger partial charge in [-0.1, -0.05) is 13.3 Å². The third-order valence-electron chi connectivity index (χ3n) is 2.22. The minimum atomic E-state index is -0.194. The van der Waals surface area contributed by atoms with Crippen molar-refractivity contribution in [1.82, 2.24) is 5.32 Å². The summed E-state index contributed by atoms with van der Waals surface area (Å²) in [5.41, 5.74) is 5.41. The Labute approximate surface area is 97.7 Å². The normalized spacial score (nSPS) is 12.4. The first kappa shape index (κ1) is 15.3. The molecule has 0 aromatic rings. The van der Waals surface area contributed by atoms with E-state index < -0.39 is 0 Å². The Kier molecular flexibility index (Phi) is 10.4. The molecule has 0 fully saturated rings. The van der Waals surface area contributed by atoms with E-state index in [-0.39, 0.29) is 12.0 Å². The Morgan fingerprint density at radius 3 is 2.75 bits per heavy atom. The van der Waals surface area contributed by atoms with E-state index in [1.54, 1.807) is 7.11 Å². The fourth-order valence-corrected chi connectivity index (χ4v) is 1.15. The predicted octanol–water partition coefficient (Wildman–Crippen LogP) is 0.283. The summed E-state index contributed by atoms with van der Waals surface area (Å²) in [6, 6.07) is 0. The zero-order chi connectivity index (χ0) is 12.2. The number of hydrogen-bond acceptors (Lipinski definition) is 4. The van der Waals surface area contributed by atoms with Gasteiger partial charge in [0.25, 0.3) is 0 Å². The number of rotatable bonds is 10. The second-order valence-electron chi connectivity index (χ2n) is 3.61. The van der Waals surface area contributed by atoms with Crippen molar-refractivity contribution in [2.75, 3.05) is 33.4 Å². The molecule has 0 saturated heterocycles. The molecule has 0 aliphatic carbocycles. The Morgan fingerprint density at radius 1 is 1.44 bits per heavy atom. The maximum atomic E-state index is 11.4. The van der Waals surface area contributed by atoms with E-state index in [1.807, 2.05) is 0 Å². The molecule has 0 heterocycles. The molecule has 0 aliphatic heterocycles. The van der Waals surface area contributed by atoms with Crippen molar-refractivity contribution in [3.05, 3.63) is 0 Å². The van der Waals surface area contributed by atoms with Crippen LogP contribution in [0.1, 0.15) is 26.2 Å². The molecule has 0 aromatic carbocycles. The highest BCUT2D eigenvalue weighted by atomic mass is 16.5. The first-order chi connectivity index (χ1) is 7.74. The van der Waals surface area contributed by atoms with E-state index in [9.17, 15) is 4.79 Å². The number of carbonyl (C=O) groups is 1. The highest BCUT2D eigenvalue weighted by Crippen LogP contribution is 1.94. The largest absolute Gasteiger partial charge is 0.380 e. The number of methoxy groups -OCH3 is 1. The summed E-state index contributed by atoms with van der Waals surface area (Å²) >= 11 is 0. The molecule has 0 aromatic heterocycles. The molecular weight excluding hydrogens is 208 g/mol. The minimum Gasteiger partial charge on any atom is -0.380 e. The Hall–Kier alpha value is -0.650. The molecule has 0 rings (SSSR count). The fourth-order valence-electron chi connectivity index (χ4n) is 1.15. The van der Waals surface area contributed by atoms with Crippen LogP contribution >= 0.6 is 0 Å². The van der Waals surface area contributed by atoms with Crippen LogP contribution in [0, 0.1) is 0 Å². The van der Waals surface area contributed by atoms with Crippen LogP contribution in [0.2, 0.25) is 0 Å². The second kappa shape index (κ2) is 10.9. The molecular formula is C11H24N2O3. The number of nitrogens with two attached hydrogens (primary N) is 1. The van der Waals surface area contributed by atoms with Crippen LogP contribution in [0.4, 0.5) is 0 Å². The summed E-state index contributed by atoms with van der Waals surface area (Å²) in [7, 11) is 1.55. The lowest BCUT2D eigenvalue weighted by atomic mass is 10.2. The summed E-state index contributed by atoms with van der Waals surface area (Å²) in [6.45, 7) is 4.34. The number of carbonyl (C=O) groups excluding carboxylic acids is 1. The SMILES string of the molecule is CCCCOCCNC(=O)CC(CN)OC. The summed E-state index contributed by atoms with van der Waals surface area (Å²) in [6.07, 6.45) is 2.30. The average molecular weight is 232 g/mol. The van der Waals surface area contributed by atoms with Crippen molar-refractivity contribution in [1.29, 1.82) is 0 Å². The van der Waals surface area contributed by atoms with Gasteiger partial charge in [-0.05, 0) is 6.42 Å². The monoisotopic (exact) mass is 232 g/mol. The van der Waals surface area contributed by atoms with Crippen molar-refractivity contribution in [2.24, 2.45) is 5.73 Å². The lowest BCUT2D eigenvalue weighted by Crippen LogP contribution is -2.33. The molecule has 1 amide bonds. The number of unbranched alkanes of at least 4 members (excludes halogenated alkanes) is 1. The van der Waals surface area contributed by atoms with Crippen LogP contribution in [0.25, 0.3) is 0 Å². The molecule has 0 saturated carbocycles. The second-order valence-corrected chi connectivity index (χ2v) is 3.61. The van der Waals surface area contributed by atoms with E-state index in [0.717, 1.165) is 19.4 Å². The number of ether oxygens (including phenoxy) is 2. The highest BCUT2D eigenvalue weighted by molar-refractivity contribution is 5.76. The maximum Gasteiger partial charge on any atom is 0.222 e. The molecule has 0 radical (unpaired) electrons. The van der Waals surface area contributed by atoms with Gasteiger partial charge < -0.3 is 20.5 Å². The molecule has 0 aliphatic rings. The number of hydrogen-bond donors (Lipinski definition) is 2. The standard InChI is InChI=1S/C11H24N2O3/c1-3-4-6-16-7-5-13-11(14)8-10(9-12)15-2/h10H,3-9,12H2,1-2H3,(H,13,14). The van der Waals surface area contributed by atoms with E-state index in [1.165, 1.54) is 0 Å². The van der Waals surface area contributed by atoms with Crippen molar-refractivity contribution in [3.63, 3.8) is 0 Å². The first-order valence-electron chi connectivity index (χ1n) is 5.81. The van der Waals surface area contributed by atoms with Gasteiger partial charge in [-0.15, -0.1) is 0 Å². The first-order valence-corrected chi connectivity index (χ1v) is 5.81. The van der Waals surface area contributed by atoms with Gasteiger partial charge in [-0.25, -0.2) is 0 Å². The predicted molar refractivity (Wildman–Crippen MR) is 63.2 cm³/mol.